The Balaban J connectivity index is 2.04. The lowest BCUT2D eigenvalue weighted by molar-refractivity contribution is -0.113. The molecule has 0 unspecified atom stereocenters. The molecule has 24 heavy (non-hydrogen) atoms. The van der Waals surface area contributed by atoms with Gasteiger partial charge in [0.2, 0.25) is 5.78 Å². The van der Waals surface area contributed by atoms with Crippen molar-refractivity contribution in [3.05, 3.63) is 82.6 Å². The fraction of sp³-hybridized carbons (Fsp3) is 0.238. The molecule has 1 heterocycles. The maximum absolute atomic E-state index is 12.9. The van der Waals surface area contributed by atoms with Crippen LogP contribution in [0.1, 0.15) is 41.3 Å². The summed E-state index contributed by atoms with van der Waals surface area (Å²) in [6.07, 6.45) is -0.700. The van der Waals surface area contributed by atoms with Crippen LogP contribution < -0.4 is 0 Å². The molecule has 3 rings (SSSR count). The zero-order valence-corrected chi connectivity index (χ0v) is 14.1. The number of rotatable bonds is 4. The molecule has 0 saturated heterocycles. The lowest BCUT2D eigenvalue weighted by Gasteiger charge is -2.20. The van der Waals surface area contributed by atoms with E-state index in [4.69, 9.17) is 4.74 Å². The molecular formula is C21H20O3. The van der Waals surface area contributed by atoms with Crippen molar-refractivity contribution < 1.29 is 14.3 Å². The molecule has 0 saturated carbocycles. The monoisotopic (exact) mass is 320 g/mol. The van der Waals surface area contributed by atoms with E-state index in [2.05, 4.69) is 0 Å². The smallest absolute Gasteiger partial charge is 0.204 e. The van der Waals surface area contributed by atoms with Crippen molar-refractivity contribution in [1.82, 2.24) is 0 Å². The highest BCUT2D eigenvalue weighted by molar-refractivity contribution is 6.04. The second-order valence-corrected chi connectivity index (χ2v) is 6.18. The van der Waals surface area contributed by atoms with Crippen LogP contribution in [0.2, 0.25) is 0 Å². The van der Waals surface area contributed by atoms with Crippen LogP contribution in [0.15, 0.2) is 65.9 Å². The molecule has 0 aromatic heterocycles. The molecule has 0 radical (unpaired) electrons. The van der Waals surface area contributed by atoms with Crippen molar-refractivity contribution in [2.24, 2.45) is 0 Å². The first-order valence-electron chi connectivity index (χ1n) is 8.03. The van der Waals surface area contributed by atoms with Gasteiger partial charge in [-0.1, -0.05) is 60.2 Å². The predicted octanol–water partition coefficient (Wildman–Crippen LogP) is 4.22. The number of ether oxygens (including phenoxy) is 1. The number of allylic oxidation sites excluding steroid dienone is 1. The Hall–Kier alpha value is -2.68. The van der Waals surface area contributed by atoms with Crippen molar-refractivity contribution in [2.75, 3.05) is 0 Å². The summed E-state index contributed by atoms with van der Waals surface area (Å²) in [6.45, 7) is 5.30. The van der Waals surface area contributed by atoms with E-state index in [0.717, 1.165) is 11.1 Å². The maximum atomic E-state index is 12.9. The highest BCUT2D eigenvalue weighted by Gasteiger charge is 2.42. The second kappa shape index (κ2) is 6.44. The standard InChI is InChI=1S/C21H20O3/c1-13-9-11-16(12-10-13)19-18(14(2)22)15(3)24-21(19)20(23)17-7-5-4-6-8-17/h4-12,19,21H,1-3H3/t19-,21-/m0/s1. The Bertz CT molecular complexity index is 801. The summed E-state index contributed by atoms with van der Waals surface area (Å²) >= 11 is 0. The fourth-order valence-electron chi connectivity index (χ4n) is 3.25. The van der Waals surface area contributed by atoms with Crippen LogP contribution in [-0.2, 0) is 9.53 Å². The SMILES string of the molecule is CC(=O)C1=C(C)O[C@H](C(=O)c2ccccc2)[C@H]1c1ccc(C)cc1. The van der Waals surface area contributed by atoms with Gasteiger partial charge in [0.05, 0.1) is 5.92 Å². The molecule has 0 spiro atoms. The van der Waals surface area contributed by atoms with Gasteiger partial charge in [-0.25, -0.2) is 0 Å². The zero-order valence-electron chi connectivity index (χ0n) is 14.1. The van der Waals surface area contributed by atoms with Crippen LogP contribution in [0.4, 0.5) is 0 Å². The maximum Gasteiger partial charge on any atom is 0.204 e. The Labute approximate surface area is 142 Å². The van der Waals surface area contributed by atoms with Crippen molar-refractivity contribution in [3.8, 4) is 0 Å². The number of Topliss-reactive ketones (excluding diaryl/α,β-unsaturated/α-hetero) is 2. The Morgan fingerprint density at radius 2 is 1.54 bits per heavy atom. The molecule has 0 aliphatic carbocycles. The minimum atomic E-state index is -0.700. The van der Waals surface area contributed by atoms with E-state index in [1.165, 1.54) is 6.92 Å². The number of hydrogen-bond donors (Lipinski definition) is 0. The van der Waals surface area contributed by atoms with Crippen LogP contribution in [0, 0.1) is 6.92 Å². The highest BCUT2D eigenvalue weighted by atomic mass is 16.5. The van der Waals surface area contributed by atoms with E-state index in [1.54, 1.807) is 19.1 Å². The van der Waals surface area contributed by atoms with E-state index in [0.29, 0.717) is 16.9 Å². The average molecular weight is 320 g/mol. The third-order valence-corrected chi connectivity index (χ3v) is 4.43. The van der Waals surface area contributed by atoms with Gasteiger partial charge in [0, 0.05) is 11.1 Å². The molecule has 2 atom stereocenters. The van der Waals surface area contributed by atoms with Crippen LogP contribution in [0.25, 0.3) is 0 Å². The molecule has 2 aromatic rings. The van der Waals surface area contributed by atoms with Crippen molar-refractivity contribution >= 4 is 11.6 Å². The quantitative estimate of drug-likeness (QED) is 0.792. The first-order valence-corrected chi connectivity index (χ1v) is 8.03. The molecule has 0 amide bonds. The van der Waals surface area contributed by atoms with E-state index < -0.39 is 6.10 Å². The summed E-state index contributed by atoms with van der Waals surface area (Å²) < 4.78 is 5.86. The first-order chi connectivity index (χ1) is 11.5. The van der Waals surface area contributed by atoms with Crippen LogP contribution in [0.3, 0.4) is 0 Å². The van der Waals surface area contributed by atoms with Gasteiger partial charge < -0.3 is 4.74 Å². The largest absolute Gasteiger partial charge is 0.485 e. The van der Waals surface area contributed by atoms with Crippen molar-refractivity contribution in [1.29, 1.82) is 0 Å². The van der Waals surface area contributed by atoms with Gasteiger partial charge in [0.1, 0.15) is 5.76 Å². The van der Waals surface area contributed by atoms with Gasteiger partial charge in [-0.3, -0.25) is 9.59 Å². The molecule has 0 bridgehead atoms. The third kappa shape index (κ3) is 2.90. The molecule has 0 N–H and O–H groups in total. The fourth-order valence-corrected chi connectivity index (χ4v) is 3.25. The zero-order chi connectivity index (χ0) is 17.3. The molecule has 1 aliphatic heterocycles. The predicted molar refractivity (Wildman–Crippen MR) is 92.9 cm³/mol. The summed E-state index contributed by atoms with van der Waals surface area (Å²) in [6, 6.07) is 17.0. The molecular weight excluding hydrogens is 300 g/mol. The van der Waals surface area contributed by atoms with Gasteiger partial charge in [0.25, 0.3) is 0 Å². The summed E-state index contributed by atoms with van der Waals surface area (Å²) in [5, 5.41) is 0. The van der Waals surface area contributed by atoms with Crippen LogP contribution >= 0.6 is 0 Å². The lowest BCUT2D eigenvalue weighted by Crippen LogP contribution is -2.28. The van der Waals surface area contributed by atoms with Crippen LogP contribution in [-0.4, -0.2) is 17.7 Å². The molecule has 122 valence electrons. The summed E-state index contributed by atoms with van der Waals surface area (Å²) in [7, 11) is 0. The van der Waals surface area contributed by atoms with E-state index in [-0.39, 0.29) is 17.5 Å². The van der Waals surface area contributed by atoms with Gasteiger partial charge in [0.15, 0.2) is 11.9 Å². The van der Waals surface area contributed by atoms with E-state index in [9.17, 15) is 9.59 Å². The number of ketones is 2. The Morgan fingerprint density at radius 1 is 0.917 bits per heavy atom. The minimum absolute atomic E-state index is 0.0542. The second-order valence-electron chi connectivity index (χ2n) is 6.18. The van der Waals surface area contributed by atoms with Crippen molar-refractivity contribution in [3.63, 3.8) is 0 Å². The number of carbonyl (C=O) groups excluding carboxylic acids is 2. The van der Waals surface area contributed by atoms with Gasteiger partial charge in [-0.05, 0) is 26.3 Å². The summed E-state index contributed by atoms with van der Waals surface area (Å²) in [5.41, 5.74) is 3.25. The summed E-state index contributed by atoms with van der Waals surface area (Å²) in [4.78, 5) is 25.1. The summed E-state index contributed by atoms with van der Waals surface area (Å²) in [5.74, 6) is 0.0244. The van der Waals surface area contributed by atoms with E-state index >= 15 is 0 Å². The number of aryl methyl sites for hydroxylation is 1. The minimum Gasteiger partial charge on any atom is -0.485 e. The number of hydrogen-bond acceptors (Lipinski definition) is 3. The Morgan fingerprint density at radius 3 is 2.12 bits per heavy atom. The average Bonchev–Trinajstić information content (AvgIpc) is 2.93. The van der Waals surface area contributed by atoms with Gasteiger partial charge in [-0.2, -0.15) is 0 Å². The molecule has 3 nitrogen and oxygen atoms in total. The highest BCUT2D eigenvalue weighted by Crippen LogP contribution is 2.40. The molecule has 1 aliphatic rings. The van der Waals surface area contributed by atoms with E-state index in [1.807, 2.05) is 49.4 Å². The first kappa shape index (κ1) is 16.2. The van der Waals surface area contributed by atoms with Crippen LogP contribution in [0.5, 0.6) is 0 Å². The number of benzene rings is 2. The topological polar surface area (TPSA) is 43.4 Å². The Kier molecular flexibility index (Phi) is 4.34. The number of carbonyl (C=O) groups is 2. The normalized spacial score (nSPS) is 20.0. The molecule has 2 aromatic carbocycles. The van der Waals surface area contributed by atoms with Gasteiger partial charge in [-0.15, -0.1) is 0 Å². The molecule has 3 heteroatoms. The molecule has 0 fully saturated rings. The van der Waals surface area contributed by atoms with Crippen molar-refractivity contribution in [2.45, 2.75) is 32.8 Å². The third-order valence-electron chi connectivity index (χ3n) is 4.43. The van der Waals surface area contributed by atoms with Gasteiger partial charge >= 0.3 is 0 Å². The lowest BCUT2D eigenvalue weighted by atomic mass is 9.83.